The lowest BCUT2D eigenvalue weighted by Gasteiger charge is -2.04. The van der Waals surface area contributed by atoms with Gasteiger partial charge in [0.25, 0.3) is 0 Å². The van der Waals surface area contributed by atoms with E-state index in [0.29, 0.717) is 11.4 Å². The van der Waals surface area contributed by atoms with Crippen LogP contribution in [0.15, 0.2) is 51.8 Å². The molecule has 2 rings (SSSR count). The maximum atomic E-state index is 11.8. The minimum absolute atomic E-state index is 0.158. The third kappa shape index (κ3) is 4.32. The van der Waals surface area contributed by atoms with Crippen molar-refractivity contribution in [2.24, 2.45) is 0 Å². The van der Waals surface area contributed by atoms with Gasteiger partial charge in [0, 0.05) is 18.0 Å². The first-order chi connectivity index (χ1) is 9.84. The van der Waals surface area contributed by atoms with E-state index in [9.17, 15) is 13.2 Å². The monoisotopic (exact) mass is 305 g/mol. The SMILES string of the molecule is Cc1ccc(/C=C/C(=O)Nc2cccc(S(C)(=O)=O)c2)o1. The number of carbonyl (C=O) groups is 1. The van der Waals surface area contributed by atoms with E-state index in [0.717, 1.165) is 12.0 Å². The number of rotatable bonds is 4. The first-order valence-corrected chi connectivity index (χ1v) is 8.09. The molecule has 110 valence electrons. The fraction of sp³-hybridized carbons (Fsp3) is 0.133. The zero-order valence-electron chi connectivity index (χ0n) is 11.7. The lowest BCUT2D eigenvalue weighted by Crippen LogP contribution is -2.08. The number of sulfone groups is 1. The summed E-state index contributed by atoms with van der Waals surface area (Å²) >= 11 is 0. The Morgan fingerprint density at radius 1 is 1.24 bits per heavy atom. The van der Waals surface area contributed by atoms with Gasteiger partial charge < -0.3 is 9.73 Å². The van der Waals surface area contributed by atoms with Gasteiger partial charge in [-0.15, -0.1) is 0 Å². The molecule has 0 saturated carbocycles. The lowest BCUT2D eigenvalue weighted by molar-refractivity contribution is -0.111. The zero-order valence-corrected chi connectivity index (χ0v) is 12.5. The molecule has 5 nitrogen and oxygen atoms in total. The number of aryl methyl sites for hydroxylation is 1. The second-order valence-corrected chi connectivity index (χ2v) is 6.59. The molecule has 0 spiro atoms. The molecule has 1 heterocycles. The molecule has 0 radical (unpaired) electrons. The normalized spacial score (nSPS) is 11.7. The first-order valence-electron chi connectivity index (χ1n) is 6.20. The predicted octanol–water partition coefficient (Wildman–Crippen LogP) is 2.64. The molecule has 0 aliphatic heterocycles. The quantitative estimate of drug-likeness (QED) is 0.881. The van der Waals surface area contributed by atoms with Crippen molar-refractivity contribution in [1.82, 2.24) is 0 Å². The van der Waals surface area contributed by atoms with E-state index in [2.05, 4.69) is 5.32 Å². The highest BCUT2D eigenvalue weighted by Crippen LogP contribution is 2.15. The summed E-state index contributed by atoms with van der Waals surface area (Å²) in [4.78, 5) is 11.9. The summed E-state index contributed by atoms with van der Waals surface area (Å²) in [7, 11) is -3.30. The van der Waals surface area contributed by atoms with Crippen molar-refractivity contribution >= 4 is 27.5 Å². The third-order valence-corrected chi connectivity index (χ3v) is 3.80. The number of carbonyl (C=O) groups excluding carboxylic acids is 1. The maximum absolute atomic E-state index is 11.8. The Morgan fingerprint density at radius 3 is 2.62 bits per heavy atom. The summed E-state index contributed by atoms with van der Waals surface area (Å²) in [5, 5.41) is 2.60. The van der Waals surface area contributed by atoms with Crippen LogP contribution in [0.4, 0.5) is 5.69 Å². The largest absolute Gasteiger partial charge is 0.462 e. The van der Waals surface area contributed by atoms with E-state index in [1.165, 1.54) is 18.2 Å². The summed E-state index contributed by atoms with van der Waals surface area (Å²) in [6.45, 7) is 1.81. The molecule has 1 N–H and O–H groups in total. The Bertz CT molecular complexity index is 788. The van der Waals surface area contributed by atoms with Crippen molar-refractivity contribution in [3.8, 4) is 0 Å². The molecule has 0 saturated heterocycles. The van der Waals surface area contributed by atoms with Gasteiger partial charge in [0.1, 0.15) is 11.5 Å². The van der Waals surface area contributed by atoms with Crippen LogP contribution >= 0.6 is 0 Å². The van der Waals surface area contributed by atoms with Crippen LogP contribution in [0.1, 0.15) is 11.5 Å². The second-order valence-electron chi connectivity index (χ2n) is 4.57. The fourth-order valence-electron chi connectivity index (χ4n) is 1.69. The number of anilines is 1. The van der Waals surface area contributed by atoms with Gasteiger partial charge in [0.05, 0.1) is 4.90 Å². The molecule has 1 amide bonds. The Hall–Kier alpha value is -2.34. The standard InChI is InChI=1S/C15H15NO4S/c1-11-6-7-13(20-11)8-9-15(17)16-12-4-3-5-14(10-12)21(2,18)19/h3-10H,1-2H3,(H,16,17)/b9-8+. The number of amides is 1. The molecule has 1 aromatic carbocycles. The molecule has 0 aliphatic carbocycles. The topological polar surface area (TPSA) is 76.4 Å². The fourth-order valence-corrected chi connectivity index (χ4v) is 2.36. The van der Waals surface area contributed by atoms with Crippen molar-refractivity contribution in [1.29, 1.82) is 0 Å². The average molecular weight is 305 g/mol. The van der Waals surface area contributed by atoms with Gasteiger partial charge in [0.2, 0.25) is 5.91 Å². The average Bonchev–Trinajstić information content (AvgIpc) is 2.82. The molecule has 1 aromatic heterocycles. The van der Waals surface area contributed by atoms with Gasteiger partial charge in [0.15, 0.2) is 9.84 Å². The van der Waals surface area contributed by atoms with Crippen molar-refractivity contribution in [3.05, 3.63) is 54.0 Å². The Labute approximate surface area is 123 Å². The number of hydrogen-bond donors (Lipinski definition) is 1. The molecular formula is C15H15NO4S. The summed E-state index contributed by atoms with van der Waals surface area (Å²) in [5.41, 5.74) is 0.420. The number of nitrogens with one attached hydrogen (secondary N) is 1. The predicted molar refractivity (Wildman–Crippen MR) is 80.7 cm³/mol. The van der Waals surface area contributed by atoms with Crippen molar-refractivity contribution in [2.45, 2.75) is 11.8 Å². The molecular weight excluding hydrogens is 290 g/mol. The van der Waals surface area contributed by atoms with Gasteiger partial charge in [-0.25, -0.2) is 8.42 Å². The first kappa shape index (κ1) is 15.1. The highest BCUT2D eigenvalue weighted by molar-refractivity contribution is 7.90. The molecule has 0 unspecified atom stereocenters. The van der Waals surface area contributed by atoms with Crippen LogP contribution in [-0.2, 0) is 14.6 Å². The van der Waals surface area contributed by atoms with Gasteiger partial charge in [-0.3, -0.25) is 4.79 Å². The highest BCUT2D eigenvalue weighted by Gasteiger charge is 2.08. The summed E-state index contributed by atoms with van der Waals surface area (Å²) in [5.74, 6) is 0.971. The highest BCUT2D eigenvalue weighted by atomic mass is 32.2. The molecule has 6 heteroatoms. The molecule has 0 bridgehead atoms. The second kappa shape index (κ2) is 5.97. The van der Waals surface area contributed by atoms with Crippen molar-refractivity contribution < 1.29 is 17.6 Å². The minimum atomic E-state index is -3.30. The van der Waals surface area contributed by atoms with Crippen LogP contribution in [0, 0.1) is 6.92 Å². The summed E-state index contributed by atoms with van der Waals surface area (Å²) in [6, 6.07) is 9.64. The molecule has 21 heavy (non-hydrogen) atoms. The minimum Gasteiger partial charge on any atom is -0.462 e. The van der Waals surface area contributed by atoms with Crippen molar-refractivity contribution in [3.63, 3.8) is 0 Å². The maximum Gasteiger partial charge on any atom is 0.248 e. The Kier molecular flexibility index (Phi) is 4.28. The van der Waals surface area contributed by atoms with Crippen LogP contribution in [-0.4, -0.2) is 20.6 Å². The number of furan rings is 1. The summed E-state index contributed by atoms with van der Waals surface area (Å²) in [6.07, 6.45) is 3.99. The third-order valence-electron chi connectivity index (χ3n) is 2.69. The smallest absolute Gasteiger partial charge is 0.248 e. The number of benzene rings is 1. The van der Waals surface area contributed by atoms with E-state index in [-0.39, 0.29) is 10.8 Å². The van der Waals surface area contributed by atoms with Crippen LogP contribution in [0.5, 0.6) is 0 Å². The Morgan fingerprint density at radius 2 is 2.00 bits per heavy atom. The van der Waals surface area contributed by atoms with Crippen LogP contribution in [0.3, 0.4) is 0 Å². The lowest BCUT2D eigenvalue weighted by atomic mass is 10.3. The van der Waals surface area contributed by atoms with Gasteiger partial charge in [-0.05, 0) is 43.3 Å². The van der Waals surface area contributed by atoms with E-state index in [4.69, 9.17) is 4.42 Å². The van der Waals surface area contributed by atoms with E-state index in [1.807, 2.05) is 6.92 Å². The van der Waals surface area contributed by atoms with E-state index >= 15 is 0 Å². The molecule has 0 aliphatic rings. The molecule has 0 fully saturated rings. The van der Waals surface area contributed by atoms with Crippen molar-refractivity contribution in [2.75, 3.05) is 11.6 Å². The van der Waals surface area contributed by atoms with Gasteiger partial charge in [-0.1, -0.05) is 6.07 Å². The Balaban J connectivity index is 2.08. The zero-order chi connectivity index (χ0) is 15.5. The van der Waals surface area contributed by atoms with E-state index in [1.54, 1.807) is 30.3 Å². The van der Waals surface area contributed by atoms with Crippen LogP contribution < -0.4 is 5.32 Å². The van der Waals surface area contributed by atoms with Gasteiger partial charge in [-0.2, -0.15) is 0 Å². The van der Waals surface area contributed by atoms with Crippen LogP contribution in [0.2, 0.25) is 0 Å². The van der Waals surface area contributed by atoms with E-state index < -0.39 is 9.84 Å². The summed E-state index contributed by atoms with van der Waals surface area (Å²) < 4.78 is 28.2. The molecule has 2 aromatic rings. The van der Waals surface area contributed by atoms with Gasteiger partial charge >= 0.3 is 0 Å². The molecule has 0 atom stereocenters. The van der Waals surface area contributed by atoms with Crippen LogP contribution in [0.25, 0.3) is 6.08 Å². The number of hydrogen-bond acceptors (Lipinski definition) is 4.